The number of fused-ring (bicyclic) bond motifs is 1. The van der Waals surface area contributed by atoms with Gasteiger partial charge in [0.15, 0.2) is 5.69 Å². The SMILES string of the molecule is COC(=O)c1n[nH]c(=O)c2cc(C)ccc12. The number of aryl methyl sites for hydroxylation is 1. The molecule has 1 heterocycles. The fraction of sp³-hybridized carbons (Fsp3) is 0.182. The van der Waals surface area contributed by atoms with E-state index in [0.29, 0.717) is 10.8 Å². The van der Waals surface area contributed by atoms with Gasteiger partial charge in [0.25, 0.3) is 5.56 Å². The second kappa shape index (κ2) is 3.77. The van der Waals surface area contributed by atoms with E-state index >= 15 is 0 Å². The van der Waals surface area contributed by atoms with Crippen LogP contribution in [-0.2, 0) is 4.74 Å². The highest BCUT2D eigenvalue weighted by molar-refractivity contribution is 6.02. The van der Waals surface area contributed by atoms with Gasteiger partial charge < -0.3 is 4.74 Å². The molecule has 2 rings (SSSR count). The molecule has 5 heteroatoms. The summed E-state index contributed by atoms with van der Waals surface area (Å²) in [6, 6.07) is 5.22. The first-order valence-corrected chi connectivity index (χ1v) is 4.71. The predicted octanol–water partition coefficient (Wildman–Crippen LogP) is 1.02. The van der Waals surface area contributed by atoms with Crippen LogP contribution in [0.5, 0.6) is 0 Å². The second-order valence-corrected chi connectivity index (χ2v) is 3.44. The van der Waals surface area contributed by atoms with Gasteiger partial charge in [0.1, 0.15) is 0 Å². The van der Waals surface area contributed by atoms with Crippen molar-refractivity contribution >= 4 is 16.7 Å². The van der Waals surface area contributed by atoms with Gasteiger partial charge in [-0.25, -0.2) is 9.89 Å². The number of aromatic nitrogens is 2. The molecule has 5 nitrogen and oxygen atoms in total. The smallest absolute Gasteiger partial charge is 0.359 e. The van der Waals surface area contributed by atoms with Gasteiger partial charge >= 0.3 is 5.97 Å². The van der Waals surface area contributed by atoms with Gasteiger partial charge in [0.2, 0.25) is 0 Å². The summed E-state index contributed by atoms with van der Waals surface area (Å²) in [7, 11) is 1.27. The number of H-pyrrole nitrogens is 1. The summed E-state index contributed by atoms with van der Waals surface area (Å²) in [6.45, 7) is 1.87. The third-order valence-corrected chi connectivity index (χ3v) is 2.32. The molecule has 2 aromatic rings. The zero-order chi connectivity index (χ0) is 11.7. The maximum absolute atomic E-state index is 11.5. The standard InChI is InChI=1S/C11H10N2O3/c1-6-3-4-7-8(5-6)10(14)13-12-9(7)11(15)16-2/h3-5H,1-2H3,(H,13,14). The Bertz CT molecular complexity index is 616. The van der Waals surface area contributed by atoms with Crippen molar-refractivity contribution in [3.05, 3.63) is 39.8 Å². The number of rotatable bonds is 1. The number of ether oxygens (including phenoxy) is 1. The lowest BCUT2D eigenvalue weighted by molar-refractivity contribution is 0.0595. The highest BCUT2D eigenvalue weighted by Gasteiger charge is 2.13. The molecule has 1 aromatic carbocycles. The molecule has 0 radical (unpaired) electrons. The van der Waals surface area contributed by atoms with Crippen LogP contribution in [0.2, 0.25) is 0 Å². The summed E-state index contributed by atoms with van der Waals surface area (Å²) in [5.74, 6) is -0.565. The molecule has 0 atom stereocenters. The van der Waals surface area contributed by atoms with E-state index in [2.05, 4.69) is 14.9 Å². The minimum atomic E-state index is -0.565. The van der Waals surface area contributed by atoms with Crippen molar-refractivity contribution in [1.29, 1.82) is 0 Å². The molecule has 1 aromatic heterocycles. The lowest BCUT2D eigenvalue weighted by Gasteiger charge is -2.03. The average Bonchev–Trinajstić information content (AvgIpc) is 2.29. The van der Waals surface area contributed by atoms with Crippen LogP contribution < -0.4 is 5.56 Å². The maximum Gasteiger partial charge on any atom is 0.359 e. The Hall–Kier alpha value is -2.17. The van der Waals surface area contributed by atoms with E-state index in [-0.39, 0.29) is 11.3 Å². The van der Waals surface area contributed by atoms with Gasteiger partial charge in [0, 0.05) is 5.39 Å². The maximum atomic E-state index is 11.5. The molecule has 1 N–H and O–H groups in total. The number of carbonyl (C=O) groups excluding carboxylic acids is 1. The molecule has 0 aliphatic carbocycles. The van der Waals surface area contributed by atoms with Crippen molar-refractivity contribution in [3.8, 4) is 0 Å². The van der Waals surface area contributed by atoms with Gasteiger partial charge in [-0.3, -0.25) is 4.79 Å². The number of nitrogens with zero attached hydrogens (tertiary/aromatic N) is 1. The lowest BCUT2D eigenvalue weighted by Crippen LogP contribution is -2.15. The quantitative estimate of drug-likeness (QED) is 0.725. The number of esters is 1. The topological polar surface area (TPSA) is 72.0 Å². The minimum Gasteiger partial charge on any atom is -0.464 e. The molecular weight excluding hydrogens is 208 g/mol. The molecule has 16 heavy (non-hydrogen) atoms. The average molecular weight is 218 g/mol. The summed E-state index contributed by atoms with van der Waals surface area (Å²) in [5, 5.41) is 6.92. The van der Waals surface area contributed by atoms with Crippen molar-refractivity contribution in [3.63, 3.8) is 0 Å². The zero-order valence-electron chi connectivity index (χ0n) is 8.90. The number of hydrogen-bond donors (Lipinski definition) is 1. The van der Waals surface area contributed by atoms with Crippen molar-refractivity contribution in [1.82, 2.24) is 10.2 Å². The largest absolute Gasteiger partial charge is 0.464 e. The van der Waals surface area contributed by atoms with Crippen LogP contribution in [-0.4, -0.2) is 23.3 Å². The molecule has 0 amide bonds. The zero-order valence-corrected chi connectivity index (χ0v) is 8.90. The van der Waals surface area contributed by atoms with E-state index in [1.807, 2.05) is 13.0 Å². The monoisotopic (exact) mass is 218 g/mol. The summed E-state index contributed by atoms with van der Waals surface area (Å²) in [4.78, 5) is 22.9. The Kier molecular flexibility index (Phi) is 2.44. The Morgan fingerprint density at radius 2 is 2.12 bits per heavy atom. The number of aromatic amines is 1. The Morgan fingerprint density at radius 3 is 2.81 bits per heavy atom. The van der Waals surface area contributed by atoms with E-state index < -0.39 is 5.97 Å². The van der Waals surface area contributed by atoms with Gasteiger partial charge in [-0.1, -0.05) is 17.7 Å². The number of nitrogens with one attached hydrogen (secondary N) is 1. The van der Waals surface area contributed by atoms with E-state index in [4.69, 9.17) is 0 Å². The Balaban J connectivity index is 2.84. The molecular formula is C11H10N2O3. The third-order valence-electron chi connectivity index (χ3n) is 2.32. The number of hydrogen-bond acceptors (Lipinski definition) is 4. The van der Waals surface area contributed by atoms with Gasteiger partial charge in [0.05, 0.1) is 12.5 Å². The third kappa shape index (κ3) is 1.56. The molecule has 0 spiro atoms. The van der Waals surface area contributed by atoms with Crippen molar-refractivity contribution in [2.75, 3.05) is 7.11 Å². The second-order valence-electron chi connectivity index (χ2n) is 3.44. The van der Waals surface area contributed by atoms with Crippen molar-refractivity contribution in [2.24, 2.45) is 0 Å². The van der Waals surface area contributed by atoms with Crippen LogP contribution in [0.25, 0.3) is 10.8 Å². The normalized spacial score (nSPS) is 10.4. The highest BCUT2D eigenvalue weighted by Crippen LogP contribution is 2.15. The molecule has 0 saturated carbocycles. The number of methoxy groups -OCH3 is 1. The predicted molar refractivity (Wildman–Crippen MR) is 58.4 cm³/mol. The molecule has 0 bridgehead atoms. The lowest BCUT2D eigenvalue weighted by atomic mass is 10.1. The molecule has 0 aliphatic rings. The molecule has 0 fully saturated rings. The van der Waals surface area contributed by atoms with E-state index in [0.717, 1.165) is 5.56 Å². The number of benzene rings is 1. The summed E-state index contributed by atoms with van der Waals surface area (Å²) in [5.41, 5.74) is 0.753. The van der Waals surface area contributed by atoms with Crippen LogP contribution >= 0.6 is 0 Å². The minimum absolute atomic E-state index is 0.122. The molecule has 0 aliphatic heterocycles. The summed E-state index contributed by atoms with van der Waals surface area (Å²) >= 11 is 0. The Morgan fingerprint density at radius 1 is 1.38 bits per heavy atom. The fourth-order valence-electron chi connectivity index (χ4n) is 1.53. The van der Waals surface area contributed by atoms with Crippen LogP contribution in [0.15, 0.2) is 23.0 Å². The molecule has 0 saturated heterocycles. The molecule has 0 unspecified atom stereocenters. The van der Waals surface area contributed by atoms with Crippen LogP contribution in [0.3, 0.4) is 0 Å². The van der Waals surface area contributed by atoms with Crippen LogP contribution in [0.4, 0.5) is 0 Å². The molecule has 82 valence electrons. The highest BCUT2D eigenvalue weighted by atomic mass is 16.5. The van der Waals surface area contributed by atoms with E-state index in [1.54, 1.807) is 12.1 Å². The first-order valence-electron chi connectivity index (χ1n) is 4.71. The fourth-order valence-corrected chi connectivity index (χ4v) is 1.53. The van der Waals surface area contributed by atoms with Crippen LogP contribution in [0, 0.1) is 6.92 Å². The van der Waals surface area contributed by atoms with Gasteiger partial charge in [-0.15, -0.1) is 0 Å². The summed E-state index contributed by atoms with van der Waals surface area (Å²) < 4.78 is 4.59. The van der Waals surface area contributed by atoms with E-state index in [9.17, 15) is 9.59 Å². The first kappa shape index (κ1) is 10.4. The Labute approximate surface area is 91.1 Å². The van der Waals surface area contributed by atoms with Crippen molar-refractivity contribution in [2.45, 2.75) is 6.92 Å². The summed E-state index contributed by atoms with van der Waals surface area (Å²) in [6.07, 6.45) is 0. The van der Waals surface area contributed by atoms with Gasteiger partial charge in [-0.05, 0) is 13.0 Å². The van der Waals surface area contributed by atoms with E-state index in [1.165, 1.54) is 7.11 Å². The van der Waals surface area contributed by atoms with Crippen LogP contribution in [0.1, 0.15) is 16.1 Å². The number of carbonyl (C=O) groups is 1. The first-order chi connectivity index (χ1) is 7.63. The van der Waals surface area contributed by atoms with Gasteiger partial charge in [-0.2, -0.15) is 5.10 Å². The van der Waals surface area contributed by atoms with Crippen molar-refractivity contribution < 1.29 is 9.53 Å².